The highest BCUT2D eigenvalue weighted by molar-refractivity contribution is 6.00. The first-order chi connectivity index (χ1) is 14.1. The molecule has 1 aromatic heterocycles. The van der Waals surface area contributed by atoms with E-state index in [-0.39, 0.29) is 17.1 Å². The average molecular weight is 393 g/mol. The molecule has 6 heteroatoms. The summed E-state index contributed by atoms with van der Waals surface area (Å²) in [6.07, 6.45) is 3.74. The number of nitrogens with zero attached hydrogens (tertiary/aromatic N) is 2. The molecule has 2 heterocycles. The second kappa shape index (κ2) is 6.87. The van der Waals surface area contributed by atoms with Crippen molar-refractivity contribution in [3.63, 3.8) is 0 Å². The molecule has 2 fully saturated rings. The van der Waals surface area contributed by atoms with E-state index in [1.165, 1.54) is 31.4 Å². The van der Waals surface area contributed by atoms with Crippen molar-refractivity contribution in [3.8, 4) is 11.1 Å². The van der Waals surface area contributed by atoms with Gasteiger partial charge in [-0.25, -0.2) is 9.18 Å². The summed E-state index contributed by atoms with van der Waals surface area (Å²) >= 11 is 0. The fourth-order valence-corrected chi connectivity index (χ4v) is 5.29. The molecule has 1 saturated heterocycles. The summed E-state index contributed by atoms with van der Waals surface area (Å²) in [6.45, 7) is 4.21. The van der Waals surface area contributed by atoms with Crippen LogP contribution >= 0.6 is 0 Å². The summed E-state index contributed by atoms with van der Waals surface area (Å²) < 4.78 is 15.1. The third kappa shape index (κ3) is 2.89. The van der Waals surface area contributed by atoms with Crippen molar-refractivity contribution in [2.75, 3.05) is 18.0 Å². The highest BCUT2D eigenvalue weighted by atomic mass is 19.1. The molecule has 0 radical (unpaired) electrons. The summed E-state index contributed by atoms with van der Waals surface area (Å²) in [4.78, 5) is 30.1. The van der Waals surface area contributed by atoms with Gasteiger partial charge in [-0.15, -0.1) is 0 Å². The standard InChI is InChI=1S/C23H24FN3O2/c1-2-27-19-11-10-18(14-6-8-17(24)9-7-14)21(20(19)22(28)25-23(27)29)26-12-15-4-3-5-16(15)13-26/h6-11,15-16H,2-5,12-13H2,1H3,(H,25,28,29)/t15-,16+. The molecule has 5 rings (SSSR count). The second-order valence-electron chi connectivity index (χ2n) is 8.22. The maximum atomic E-state index is 13.5. The van der Waals surface area contributed by atoms with E-state index in [2.05, 4.69) is 9.88 Å². The highest BCUT2D eigenvalue weighted by Gasteiger charge is 2.37. The summed E-state index contributed by atoms with van der Waals surface area (Å²) in [5.74, 6) is 1.02. The number of aromatic amines is 1. The minimum Gasteiger partial charge on any atom is -0.370 e. The van der Waals surface area contributed by atoms with E-state index in [1.54, 1.807) is 16.7 Å². The Morgan fingerprint density at radius 2 is 1.72 bits per heavy atom. The Kier molecular flexibility index (Phi) is 4.30. The summed E-state index contributed by atoms with van der Waals surface area (Å²) in [5.41, 5.74) is 2.55. The largest absolute Gasteiger partial charge is 0.370 e. The first-order valence-corrected chi connectivity index (χ1v) is 10.4. The number of halogens is 1. The fraction of sp³-hybridized carbons (Fsp3) is 0.391. The smallest absolute Gasteiger partial charge is 0.328 e. The fourth-order valence-electron chi connectivity index (χ4n) is 5.29. The Morgan fingerprint density at radius 1 is 1.03 bits per heavy atom. The number of rotatable bonds is 3. The molecule has 0 amide bonds. The first kappa shape index (κ1) is 18.2. The highest BCUT2D eigenvalue weighted by Crippen LogP contribution is 2.44. The van der Waals surface area contributed by atoms with Crippen molar-refractivity contribution in [1.82, 2.24) is 9.55 Å². The number of aromatic nitrogens is 2. The predicted octanol–water partition coefficient (Wildman–Crippen LogP) is 3.75. The normalized spacial score (nSPS) is 21.1. The van der Waals surface area contributed by atoms with Gasteiger partial charge in [0.1, 0.15) is 5.82 Å². The van der Waals surface area contributed by atoms with Crippen LogP contribution in [0, 0.1) is 17.7 Å². The Hall–Kier alpha value is -2.89. The van der Waals surface area contributed by atoms with Crippen LogP contribution in [0.4, 0.5) is 10.1 Å². The van der Waals surface area contributed by atoms with E-state index in [0.717, 1.165) is 29.9 Å². The molecule has 2 atom stereocenters. The van der Waals surface area contributed by atoms with E-state index < -0.39 is 0 Å². The van der Waals surface area contributed by atoms with Gasteiger partial charge in [0, 0.05) is 25.2 Å². The van der Waals surface area contributed by atoms with Crippen LogP contribution in [0.25, 0.3) is 22.0 Å². The lowest BCUT2D eigenvalue weighted by atomic mass is 9.99. The van der Waals surface area contributed by atoms with Crippen LogP contribution < -0.4 is 16.1 Å². The molecule has 5 nitrogen and oxygen atoms in total. The SMILES string of the molecule is CCn1c(=O)[nH]c(=O)c2c(N3C[C@H]4CCC[C@H]4C3)c(-c3ccc(F)cc3)ccc21. The molecular formula is C23H24FN3O2. The maximum absolute atomic E-state index is 13.5. The third-order valence-corrected chi connectivity index (χ3v) is 6.65. The van der Waals surface area contributed by atoms with Gasteiger partial charge < -0.3 is 4.90 Å². The van der Waals surface area contributed by atoms with Crippen molar-refractivity contribution in [1.29, 1.82) is 0 Å². The molecule has 1 N–H and O–H groups in total. The maximum Gasteiger partial charge on any atom is 0.328 e. The van der Waals surface area contributed by atoms with Gasteiger partial charge in [-0.2, -0.15) is 0 Å². The zero-order valence-electron chi connectivity index (χ0n) is 16.5. The van der Waals surface area contributed by atoms with E-state index >= 15 is 0 Å². The number of benzene rings is 2. The summed E-state index contributed by atoms with van der Waals surface area (Å²) in [6, 6.07) is 10.2. The van der Waals surface area contributed by atoms with E-state index in [4.69, 9.17) is 0 Å². The summed E-state index contributed by atoms with van der Waals surface area (Å²) in [7, 11) is 0. The number of nitrogens with one attached hydrogen (secondary N) is 1. The molecule has 29 heavy (non-hydrogen) atoms. The van der Waals surface area contributed by atoms with Gasteiger partial charge >= 0.3 is 5.69 Å². The van der Waals surface area contributed by atoms with Crippen LogP contribution in [0.3, 0.4) is 0 Å². The Labute approximate surface area is 167 Å². The van der Waals surface area contributed by atoms with E-state index in [9.17, 15) is 14.0 Å². The molecule has 0 spiro atoms. The molecular weight excluding hydrogens is 369 g/mol. The third-order valence-electron chi connectivity index (χ3n) is 6.65. The van der Waals surface area contributed by atoms with Gasteiger partial charge in [0.2, 0.25) is 0 Å². The molecule has 0 bridgehead atoms. The van der Waals surface area contributed by atoms with E-state index in [0.29, 0.717) is 29.3 Å². The molecule has 1 aliphatic carbocycles. The molecule has 0 unspecified atom stereocenters. The van der Waals surface area contributed by atoms with Gasteiger partial charge in [0.05, 0.1) is 16.6 Å². The molecule has 150 valence electrons. The number of hydrogen-bond acceptors (Lipinski definition) is 3. The number of anilines is 1. The van der Waals surface area contributed by atoms with Gasteiger partial charge in [-0.05, 0) is 55.4 Å². The van der Waals surface area contributed by atoms with Crippen LogP contribution in [0.2, 0.25) is 0 Å². The van der Waals surface area contributed by atoms with Crippen LogP contribution in [0.5, 0.6) is 0 Å². The topological polar surface area (TPSA) is 58.1 Å². The molecule has 2 aromatic carbocycles. The average Bonchev–Trinajstić information content (AvgIpc) is 3.30. The molecule has 1 aliphatic heterocycles. The lowest BCUT2D eigenvalue weighted by Crippen LogP contribution is -2.32. The zero-order valence-corrected chi connectivity index (χ0v) is 16.5. The molecule has 2 aliphatic rings. The molecule has 3 aromatic rings. The van der Waals surface area contributed by atoms with Crippen molar-refractivity contribution < 1.29 is 4.39 Å². The zero-order chi connectivity index (χ0) is 20.1. The minimum absolute atomic E-state index is 0.288. The quantitative estimate of drug-likeness (QED) is 0.737. The van der Waals surface area contributed by atoms with Gasteiger partial charge in [-0.3, -0.25) is 14.3 Å². The number of hydrogen-bond donors (Lipinski definition) is 1. The van der Waals surface area contributed by atoms with Gasteiger partial charge in [-0.1, -0.05) is 24.6 Å². The van der Waals surface area contributed by atoms with Crippen molar-refractivity contribution >= 4 is 16.6 Å². The second-order valence-corrected chi connectivity index (χ2v) is 8.22. The van der Waals surface area contributed by atoms with Crippen molar-refractivity contribution in [2.45, 2.75) is 32.7 Å². The van der Waals surface area contributed by atoms with E-state index in [1.807, 2.05) is 19.1 Å². The van der Waals surface area contributed by atoms with Crippen LogP contribution in [-0.4, -0.2) is 22.6 Å². The number of aryl methyl sites for hydroxylation is 1. The number of fused-ring (bicyclic) bond motifs is 2. The Balaban J connectivity index is 1.80. The van der Waals surface area contributed by atoms with Gasteiger partial charge in [0.15, 0.2) is 0 Å². The predicted molar refractivity (Wildman–Crippen MR) is 113 cm³/mol. The monoisotopic (exact) mass is 393 g/mol. The van der Waals surface area contributed by atoms with Crippen LogP contribution in [-0.2, 0) is 6.54 Å². The van der Waals surface area contributed by atoms with Crippen molar-refractivity contribution in [3.05, 3.63) is 63.1 Å². The lowest BCUT2D eigenvalue weighted by molar-refractivity contribution is 0.494. The number of H-pyrrole nitrogens is 1. The minimum atomic E-state index is -0.385. The lowest BCUT2D eigenvalue weighted by Gasteiger charge is -2.25. The Morgan fingerprint density at radius 3 is 2.38 bits per heavy atom. The first-order valence-electron chi connectivity index (χ1n) is 10.4. The Bertz CT molecular complexity index is 1180. The summed E-state index contributed by atoms with van der Waals surface area (Å²) in [5, 5.41) is 0.549. The molecule has 1 saturated carbocycles. The van der Waals surface area contributed by atoms with Crippen molar-refractivity contribution in [2.24, 2.45) is 11.8 Å². The van der Waals surface area contributed by atoms with Crippen LogP contribution in [0.15, 0.2) is 46.0 Å². The van der Waals surface area contributed by atoms with Gasteiger partial charge in [0.25, 0.3) is 5.56 Å². The van der Waals surface area contributed by atoms with Crippen LogP contribution in [0.1, 0.15) is 26.2 Å².